The summed E-state index contributed by atoms with van der Waals surface area (Å²) >= 11 is 0. The van der Waals surface area contributed by atoms with E-state index in [0.29, 0.717) is 17.8 Å². The van der Waals surface area contributed by atoms with Crippen LogP contribution in [0.2, 0.25) is 0 Å². The number of aromatic nitrogens is 2. The molecule has 4 atom stereocenters. The van der Waals surface area contributed by atoms with Gasteiger partial charge in [0.15, 0.2) is 0 Å². The van der Waals surface area contributed by atoms with Gasteiger partial charge in [0.05, 0.1) is 42.4 Å². The zero-order valence-corrected chi connectivity index (χ0v) is 11.1. The summed E-state index contributed by atoms with van der Waals surface area (Å²) in [5, 5.41) is 18.5. The van der Waals surface area contributed by atoms with Crippen molar-refractivity contribution in [2.24, 2.45) is 17.2 Å². The Labute approximate surface area is 112 Å². The van der Waals surface area contributed by atoms with E-state index in [0.717, 1.165) is 0 Å². The number of nitrogens with two attached hydrogens (primary N) is 3. The predicted octanol–water partition coefficient (Wildman–Crippen LogP) is -1.56. The first kappa shape index (κ1) is 15.9. The summed E-state index contributed by atoms with van der Waals surface area (Å²) in [6.45, 7) is 1.61. The van der Waals surface area contributed by atoms with Crippen molar-refractivity contribution < 1.29 is 10.2 Å². The molecule has 0 aliphatic rings. The van der Waals surface area contributed by atoms with Crippen LogP contribution in [0.3, 0.4) is 0 Å². The number of nitrogens with zero attached hydrogens (tertiary/aromatic N) is 2. The van der Waals surface area contributed by atoms with Crippen LogP contribution in [0.4, 0.5) is 0 Å². The summed E-state index contributed by atoms with van der Waals surface area (Å²) in [4.78, 5) is 8.40. The first-order chi connectivity index (χ1) is 8.93. The van der Waals surface area contributed by atoms with E-state index in [-0.39, 0.29) is 25.1 Å². The molecule has 1 rings (SSSR count). The van der Waals surface area contributed by atoms with Gasteiger partial charge in [-0.1, -0.05) is 0 Å². The summed E-state index contributed by atoms with van der Waals surface area (Å²) in [5.41, 5.74) is 18.4. The fraction of sp³-hybridized carbons (Fsp3) is 0.667. The number of aliphatic hydroxyl groups excluding tert-OH is 2. The van der Waals surface area contributed by atoms with Gasteiger partial charge in [-0.2, -0.15) is 0 Å². The van der Waals surface area contributed by atoms with Crippen molar-refractivity contribution in [1.82, 2.24) is 9.97 Å². The highest BCUT2D eigenvalue weighted by atomic mass is 16.3. The monoisotopic (exact) mass is 269 g/mol. The van der Waals surface area contributed by atoms with Gasteiger partial charge < -0.3 is 27.4 Å². The van der Waals surface area contributed by atoms with E-state index < -0.39 is 12.1 Å². The van der Waals surface area contributed by atoms with E-state index in [1.165, 1.54) is 0 Å². The quantitative estimate of drug-likeness (QED) is 0.402. The third-order valence-electron chi connectivity index (χ3n) is 2.85. The van der Waals surface area contributed by atoms with Crippen LogP contribution in [0.5, 0.6) is 0 Å². The maximum atomic E-state index is 9.67. The van der Waals surface area contributed by atoms with Crippen molar-refractivity contribution in [1.29, 1.82) is 0 Å². The molecule has 0 aromatic carbocycles. The van der Waals surface area contributed by atoms with E-state index in [1.807, 2.05) is 6.92 Å². The molecule has 19 heavy (non-hydrogen) atoms. The van der Waals surface area contributed by atoms with Crippen molar-refractivity contribution in [3.8, 4) is 0 Å². The zero-order valence-electron chi connectivity index (χ0n) is 11.1. The van der Waals surface area contributed by atoms with Gasteiger partial charge in [0.25, 0.3) is 0 Å². The fourth-order valence-electron chi connectivity index (χ4n) is 1.67. The Bertz CT molecular complexity index is 371. The highest BCUT2D eigenvalue weighted by Crippen LogP contribution is 2.12. The molecule has 0 fully saturated rings. The summed E-state index contributed by atoms with van der Waals surface area (Å²) in [6, 6.07) is -0.922. The van der Waals surface area contributed by atoms with E-state index in [1.54, 1.807) is 12.4 Å². The Balaban J connectivity index is 2.61. The minimum atomic E-state index is -0.845. The number of hydrogen-bond donors (Lipinski definition) is 5. The minimum absolute atomic E-state index is 0.000788. The second-order valence-corrected chi connectivity index (χ2v) is 4.87. The number of hydrogen-bond acceptors (Lipinski definition) is 7. The zero-order chi connectivity index (χ0) is 14.4. The van der Waals surface area contributed by atoms with E-state index in [2.05, 4.69) is 9.97 Å². The van der Waals surface area contributed by atoms with Gasteiger partial charge in [-0.25, -0.2) is 0 Å². The van der Waals surface area contributed by atoms with Crippen molar-refractivity contribution in [2.45, 2.75) is 44.0 Å². The molecule has 0 aliphatic heterocycles. The highest BCUT2D eigenvalue weighted by molar-refractivity contribution is 5.07. The summed E-state index contributed by atoms with van der Waals surface area (Å²) < 4.78 is 0. The highest BCUT2D eigenvalue weighted by Gasteiger charge is 2.16. The minimum Gasteiger partial charge on any atom is -0.395 e. The third-order valence-corrected chi connectivity index (χ3v) is 2.85. The average Bonchev–Trinajstić information content (AvgIpc) is 2.37. The van der Waals surface area contributed by atoms with Gasteiger partial charge in [-0.05, 0) is 13.3 Å². The molecule has 0 unspecified atom stereocenters. The van der Waals surface area contributed by atoms with E-state index >= 15 is 0 Å². The van der Waals surface area contributed by atoms with Crippen LogP contribution in [0, 0.1) is 0 Å². The van der Waals surface area contributed by atoms with E-state index in [4.69, 9.17) is 22.3 Å². The Hall–Kier alpha value is -1.12. The second kappa shape index (κ2) is 7.46. The lowest BCUT2D eigenvalue weighted by atomic mass is 10.1. The standard InChI is InChI=1S/C12H23N5O2/c1-7(13)2-9(14)11-5-16-8(4-17-11)3-12(19)10(15)6-18/h4-5,7,9-10,12,18-19H,2-3,6,13-15H2,1H3/t7-,9-,10-,12-/m0/s1. The molecule has 0 saturated carbocycles. The lowest BCUT2D eigenvalue weighted by Crippen LogP contribution is -2.39. The van der Waals surface area contributed by atoms with Crippen molar-refractivity contribution in [3.05, 3.63) is 23.8 Å². The van der Waals surface area contributed by atoms with Gasteiger partial charge in [-0.15, -0.1) is 0 Å². The molecule has 7 nitrogen and oxygen atoms in total. The molecule has 1 aromatic rings. The maximum Gasteiger partial charge on any atom is 0.0769 e. The SMILES string of the molecule is C[C@H](N)C[C@H](N)c1cnc(C[C@H](O)[C@@H](N)CO)cn1. The van der Waals surface area contributed by atoms with Crippen LogP contribution in [0.25, 0.3) is 0 Å². The molecule has 0 bridgehead atoms. The normalized spacial score (nSPS) is 17.8. The Morgan fingerprint density at radius 1 is 1.21 bits per heavy atom. The number of rotatable bonds is 7. The summed E-state index contributed by atoms with van der Waals surface area (Å²) in [6.07, 6.45) is 3.18. The number of aliphatic hydroxyl groups is 2. The maximum absolute atomic E-state index is 9.67. The molecule has 0 aliphatic carbocycles. The Kier molecular flexibility index (Phi) is 6.26. The third kappa shape index (κ3) is 5.17. The first-order valence-electron chi connectivity index (χ1n) is 6.30. The Morgan fingerprint density at radius 2 is 1.89 bits per heavy atom. The predicted molar refractivity (Wildman–Crippen MR) is 72.0 cm³/mol. The largest absolute Gasteiger partial charge is 0.395 e. The molecule has 1 aromatic heterocycles. The molecular weight excluding hydrogens is 246 g/mol. The van der Waals surface area contributed by atoms with Crippen LogP contribution >= 0.6 is 0 Å². The molecule has 0 radical (unpaired) electrons. The molecular formula is C12H23N5O2. The molecule has 0 saturated heterocycles. The average molecular weight is 269 g/mol. The lowest BCUT2D eigenvalue weighted by Gasteiger charge is -2.16. The fourth-order valence-corrected chi connectivity index (χ4v) is 1.67. The van der Waals surface area contributed by atoms with Gasteiger partial charge in [-0.3, -0.25) is 9.97 Å². The first-order valence-corrected chi connectivity index (χ1v) is 6.30. The lowest BCUT2D eigenvalue weighted by molar-refractivity contribution is 0.108. The van der Waals surface area contributed by atoms with Crippen LogP contribution in [-0.2, 0) is 6.42 Å². The van der Waals surface area contributed by atoms with Crippen LogP contribution in [0.15, 0.2) is 12.4 Å². The Morgan fingerprint density at radius 3 is 2.37 bits per heavy atom. The topological polar surface area (TPSA) is 144 Å². The second-order valence-electron chi connectivity index (χ2n) is 4.87. The van der Waals surface area contributed by atoms with Crippen LogP contribution in [0.1, 0.15) is 30.8 Å². The van der Waals surface area contributed by atoms with Crippen molar-refractivity contribution >= 4 is 0 Å². The molecule has 0 spiro atoms. The van der Waals surface area contributed by atoms with Gasteiger partial charge in [0, 0.05) is 18.7 Å². The van der Waals surface area contributed by atoms with Gasteiger partial charge in [0.1, 0.15) is 0 Å². The molecule has 8 N–H and O–H groups in total. The molecule has 108 valence electrons. The van der Waals surface area contributed by atoms with Crippen LogP contribution < -0.4 is 17.2 Å². The van der Waals surface area contributed by atoms with Crippen molar-refractivity contribution in [2.75, 3.05) is 6.61 Å². The van der Waals surface area contributed by atoms with Crippen molar-refractivity contribution in [3.63, 3.8) is 0 Å². The van der Waals surface area contributed by atoms with E-state index in [9.17, 15) is 5.11 Å². The summed E-state index contributed by atoms with van der Waals surface area (Å²) in [5.74, 6) is 0. The van der Waals surface area contributed by atoms with Crippen LogP contribution in [-0.4, -0.2) is 45.0 Å². The smallest absolute Gasteiger partial charge is 0.0769 e. The molecule has 1 heterocycles. The molecule has 0 amide bonds. The summed E-state index contributed by atoms with van der Waals surface area (Å²) in [7, 11) is 0. The molecule has 7 heteroatoms. The van der Waals surface area contributed by atoms with Gasteiger partial charge in [0.2, 0.25) is 0 Å². The van der Waals surface area contributed by atoms with Gasteiger partial charge >= 0.3 is 0 Å².